The molecule has 0 spiro atoms. The zero-order valence-corrected chi connectivity index (χ0v) is 14.4. The van der Waals surface area contributed by atoms with Gasteiger partial charge in [-0.2, -0.15) is 0 Å². The van der Waals surface area contributed by atoms with Gasteiger partial charge in [0, 0.05) is 6.92 Å². The summed E-state index contributed by atoms with van der Waals surface area (Å²) >= 11 is 0. The molecule has 124 valence electrons. The molecule has 2 heteroatoms. The number of carbonyl (C=O) groups is 1. The van der Waals surface area contributed by atoms with Crippen LogP contribution in [0.4, 0.5) is 0 Å². The molecule has 0 saturated carbocycles. The van der Waals surface area contributed by atoms with Gasteiger partial charge >= 0.3 is 5.97 Å². The first kappa shape index (κ1) is 20.2. The summed E-state index contributed by atoms with van der Waals surface area (Å²) in [7, 11) is 0. The molecule has 0 heterocycles. The maximum atomic E-state index is 10.6. The maximum Gasteiger partial charge on any atom is 0.302 e. The van der Waals surface area contributed by atoms with Gasteiger partial charge in [-0.15, -0.1) is 0 Å². The summed E-state index contributed by atoms with van der Waals surface area (Å²) in [5.74, 6) is -0.158. The van der Waals surface area contributed by atoms with Crippen molar-refractivity contribution < 1.29 is 9.53 Å². The number of hydrogen-bond acceptors (Lipinski definition) is 2. The number of carbonyl (C=O) groups excluding carboxylic acids is 1. The second-order valence-corrected chi connectivity index (χ2v) is 5.92. The molecular formula is C19H36O2. The van der Waals surface area contributed by atoms with Crippen LogP contribution in [0.3, 0.4) is 0 Å². The van der Waals surface area contributed by atoms with E-state index in [1.165, 1.54) is 84.0 Å². The summed E-state index contributed by atoms with van der Waals surface area (Å²) in [4.78, 5) is 10.6. The minimum Gasteiger partial charge on any atom is -0.466 e. The Morgan fingerprint density at radius 2 is 1.24 bits per heavy atom. The Bertz CT molecular complexity index is 246. The van der Waals surface area contributed by atoms with Crippen molar-refractivity contribution in [2.45, 2.75) is 97.3 Å². The van der Waals surface area contributed by atoms with Crippen molar-refractivity contribution >= 4 is 5.97 Å². The molecule has 0 saturated heterocycles. The van der Waals surface area contributed by atoms with Crippen LogP contribution in [0.5, 0.6) is 0 Å². The minimum atomic E-state index is -0.158. The zero-order valence-electron chi connectivity index (χ0n) is 14.4. The third-order valence-electron chi connectivity index (χ3n) is 3.71. The molecule has 0 rings (SSSR count). The first-order valence-electron chi connectivity index (χ1n) is 9.05. The average Bonchev–Trinajstić information content (AvgIpc) is 2.46. The maximum absolute atomic E-state index is 10.6. The molecule has 0 atom stereocenters. The van der Waals surface area contributed by atoms with E-state index in [0.29, 0.717) is 6.61 Å². The van der Waals surface area contributed by atoms with Crippen molar-refractivity contribution in [2.75, 3.05) is 6.61 Å². The second kappa shape index (κ2) is 17.3. The van der Waals surface area contributed by atoms with E-state index >= 15 is 0 Å². The van der Waals surface area contributed by atoms with E-state index in [0.717, 1.165) is 6.42 Å². The van der Waals surface area contributed by atoms with Crippen molar-refractivity contribution in [1.29, 1.82) is 0 Å². The summed E-state index contributed by atoms with van der Waals surface area (Å²) in [5, 5.41) is 0. The van der Waals surface area contributed by atoms with Crippen LogP contribution in [0, 0.1) is 0 Å². The van der Waals surface area contributed by atoms with E-state index in [4.69, 9.17) is 4.74 Å². The van der Waals surface area contributed by atoms with Gasteiger partial charge in [0.1, 0.15) is 0 Å². The van der Waals surface area contributed by atoms with Gasteiger partial charge in [0.15, 0.2) is 0 Å². The lowest BCUT2D eigenvalue weighted by Crippen LogP contribution is -2.00. The quantitative estimate of drug-likeness (QED) is 0.204. The smallest absolute Gasteiger partial charge is 0.302 e. The van der Waals surface area contributed by atoms with E-state index in [1.54, 1.807) is 0 Å². The molecule has 0 aromatic heterocycles. The highest BCUT2D eigenvalue weighted by Crippen LogP contribution is 2.10. The number of allylic oxidation sites excluding steroid dienone is 2. The molecule has 0 N–H and O–H groups in total. The third kappa shape index (κ3) is 19.2. The van der Waals surface area contributed by atoms with E-state index in [-0.39, 0.29) is 5.97 Å². The lowest BCUT2D eigenvalue weighted by molar-refractivity contribution is -0.141. The highest BCUT2D eigenvalue weighted by molar-refractivity contribution is 5.65. The molecule has 0 radical (unpaired) electrons. The van der Waals surface area contributed by atoms with Crippen molar-refractivity contribution in [1.82, 2.24) is 0 Å². The summed E-state index contributed by atoms with van der Waals surface area (Å²) in [6.07, 6.45) is 21.5. The molecule has 0 fully saturated rings. The highest BCUT2D eigenvalue weighted by atomic mass is 16.5. The van der Waals surface area contributed by atoms with Crippen LogP contribution in [-0.2, 0) is 9.53 Å². The number of ether oxygens (including phenoxy) is 1. The van der Waals surface area contributed by atoms with Gasteiger partial charge in [0.2, 0.25) is 0 Å². The molecule has 0 aromatic carbocycles. The molecule has 0 unspecified atom stereocenters. The average molecular weight is 296 g/mol. The summed E-state index contributed by atoms with van der Waals surface area (Å²) in [6.45, 7) is 4.32. The van der Waals surface area contributed by atoms with Gasteiger partial charge in [0.25, 0.3) is 0 Å². The Balaban J connectivity index is 3.04. The van der Waals surface area contributed by atoms with E-state index in [2.05, 4.69) is 19.1 Å². The van der Waals surface area contributed by atoms with Gasteiger partial charge in [-0.25, -0.2) is 0 Å². The Labute approximate surface area is 132 Å². The van der Waals surface area contributed by atoms with Crippen LogP contribution in [0.15, 0.2) is 12.2 Å². The second-order valence-electron chi connectivity index (χ2n) is 5.92. The van der Waals surface area contributed by atoms with Crippen molar-refractivity contribution in [2.24, 2.45) is 0 Å². The van der Waals surface area contributed by atoms with Crippen LogP contribution in [0.1, 0.15) is 97.3 Å². The Morgan fingerprint density at radius 1 is 0.762 bits per heavy atom. The van der Waals surface area contributed by atoms with E-state index in [9.17, 15) is 4.79 Å². The van der Waals surface area contributed by atoms with E-state index < -0.39 is 0 Å². The SMILES string of the molecule is CCCCCC=CCCCCCCCCCCOC(C)=O. The first-order chi connectivity index (χ1) is 10.3. The fraction of sp³-hybridized carbons (Fsp3) is 0.842. The third-order valence-corrected chi connectivity index (χ3v) is 3.71. The first-order valence-corrected chi connectivity index (χ1v) is 9.05. The largest absolute Gasteiger partial charge is 0.466 e. The molecule has 0 aliphatic carbocycles. The van der Waals surface area contributed by atoms with Crippen molar-refractivity contribution in [3.05, 3.63) is 12.2 Å². The fourth-order valence-electron chi connectivity index (χ4n) is 2.39. The predicted molar refractivity (Wildman–Crippen MR) is 91.5 cm³/mol. The predicted octanol–water partition coefficient (Wildman–Crippen LogP) is 6.20. The van der Waals surface area contributed by atoms with Crippen molar-refractivity contribution in [3.8, 4) is 0 Å². The topological polar surface area (TPSA) is 26.3 Å². The number of esters is 1. The van der Waals surface area contributed by atoms with Crippen LogP contribution in [0.25, 0.3) is 0 Å². The molecular weight excluding hydrogens is 260 g/mol. The molecule has 0 aliphatic rings. The minimum absolute atomic E-state index is 0.158. The Hall–Kier alpha value is -0.790. The number of unbranched alkanes of at least 4 members (excludes halogenated alkanes) is 11. The zero-order chi connectivity index (χ0) is 15.6. The van der Waals surface area contributed by atoms with Gasteiger partial charge in [-0.1, -0.05) is 70.4 Å². The van der Waals surface area contributed by atoms with Crippen molar-refractivity contribution in [3.63, 3.8) is 0 Å². The van der Waals surface area contributed by atoms with Gasteiger partial charge in [-0.3, -0.25) is 4.79 Å². The molecule has 0 amide bonds. The highest BCUT2D eigenvalue weighted by Gasteiger charge is 1.94. The summed E-state index contributed by atoms with van der Waals surface area (Å²) in [5.41, 5.74) is 0. The van der Waals surface area contributed by atoms with Gasteiger partial charge in [0.05, 0.1) is 6.61 Å². The van der Waals surface area contributed by atoms with E-state index in [1.807, 2.05) is 0 Å². The van der Waals surface area contributed by atoms with Gasteiger partial charge < -0.3 is 4.74 Å². The van der Waals surface area contributed by atoms with Crippen LogP contribution in [-0.4, -0.2) is 12.6 Å². The summed E-state index contributed by atoms with van der Waals surface area (Å²) in [6, 6.07) is 0. The normalized spacial score (nSPS) is 11.1. The van der Waals surface area contributed by atoms with Crippen LogP contribution < -0.4 is 0 Å². The molecule has 0 bridgehead atoms. The summed E-state index contributed by atoms with van der Waals surface area (Å²) < 4.78 is 4.91. The molecule has 0 aliphatic heterocycles. The van der Waals surface area contributed by atoms with Crippen LogP contribution >= 0.6 is 0 Å². The molecule has 2 nitrogen and oxygen atoms in total. The number of rotatable bonds is 15. The monoisotopic (exact) mass is 296 g/mol. The van der Waals surface area contributed by atoms with Gasteiger partial charge in [-0.05, 0) is 32.1 Å². The lowest BCUT2D eigenvalue weighted by Gasteiger charge is -2.02. The Kier molecular flexibility index (Phi) is 16.6. The fourth-order valence-corrected chi connectivity index (χ4v) is 2.39. The Morgan fingerprint density at radius 3 is 1.76 bits per heavy atom. The standard InChI is InChI=1S/C19H36O2/c1-3-4-5-6-7-8-9-10-11-12-13-14-15-16-17-18-21-19(2)20/h7-8H,3-6,9-18H2,1-2H3. The van der Waals surface area contributed by atoms with Crippen LogP contribution in [0.2, 0.25) is 0 Å². The lowest BCUT2D eigenvalue weighted by atomic mass is 10.1. The molecule has 0 aromatic rings. The number of hydrogen-bond donors (Lipinski definition) is 0. The molecule has 21 heavy (non-hydrogen) atoms.